The third-order valence-corrected chi connectivity index (χ3v) is 5.68. The van der Waals surface area contributed by atoms with Gasteiger partial charge in [0.2, 0.25) is 11.8 Å². The van der Waals surface area contributed by atoms with E-state index in [0.29, 0.717) is 26.3 Å². The van der Waals surface area contributed by atoms with Crippen LogP contribution in [0.2, 0.25) is 10.0 Å². The number of amides is 2. The lowest BCUT2D eigenvalue weighted by atomic mass is 9.87. The molecule has 28 heavy (non-hydrogen) atoms. The average Bonchev–Trinajstić information content (AvgIpc) is 2.68. The molecule has 1 aliphatic heterocycles. The highest BCUT2D eigenvalue weighted by Gasteiger charge is 2.29. The molecular formula is C20H15Cl2N3O2S. The first-order valence-corrected chi connectivity index (χ1v) is 10.1. The van der Waals surface area contributed by atoms with Gasteiger partial charge in [-0.25, -0.2) is 0 Å². The summed E-state index contributed by atoms with van der Waals surface area (Å²) in [5.41, 5.74) is 1.79. The molecule has 0 saturated carbocycles. The number of allylic oxidation sites excluding steroid dienone is 1. The molecule has 142 valence electrons. The molecule has 2 aromatic rings. The summed E-state index contributed by atoms with van der Waals surface area (Å²) in [4.78, 5) is 24.4. The molecule has 0 bridgehead atoms. The van der Waals surface area contributed by atoms with Gasteiger partial charge in [-0.3, -0.25) is 9.59 Å². The SMILES string of the molecule is N#CC1=C(SCC(=O)Nc2ccc(Cl)cc2Cl)NC(=O)C[C@@H]1c1ccccc1. The molecule has 1 atom stereocenters. The number of thioether (sulfide) groups is 1. The number of nitriles is 1. The Morgan fingerprint density at radius 1 is 1.25 bits per heavy atom. The molecule has 2 N–H and O–H groups in total. The number of hydrogen-bond donors (Lipinski definition) is 2. The summed E-state index contributed by atoms with van der Waals surface area (Å²) < 4.78 is 0. The van der Waals surface area contributed by atoms with Crippen LogP contribution >= 0.6 is 35.0 Å². The number of anilines is 1. The largest absolute Gasteiger partial charge is 0.324 e. The van der Waals surface area contributed by atoms with Crippen LogP contribution in [0.15, 0.2) is 59.1 Å². The third-order valence-electron chi connectivity index (χ3n) is 4.11. The molecule has 0 fully saturated rings. The summed E-state index contributed by atoms with van der Waals surface area (Å²) in [7, 11) is 0. The number of carbonyl (C=O) groups excluding carboxylic acids is 2. The van der Waals surface area contributed by atoms with Crippen molar-refractivity contribution in [3.8, 4) is 6.07 Å². The number of carbonyl (C=O) groups is 2. The molecule has 0 aliphatic carbocycles. The minimum absolute atomic E-state index is 0.0151. The van der Waals surface area contributed by atoms with Gasteiger partial charge in [-0.15, -0.1) is 0 Å². The fourth-order valence-corrected chi connectivity index (χ4v) is 4.15. The van der Waals surface area contributed by atoms with Crippen molar-refractivity contribution >= 4 is 52.5 Å². The lowest BCUT2D eigenvalue weighted by Crippen LogP contribution is -2.31. The molecule has 0 aromatic heterocycles. The molecule has 5 nitrogen and oxygen atoms in total. The Hall–Kier alpha value is -2.46. The van der Waals surface area contributed by atoms with Crippen LogP contribution in [0, 0.1) is 11.3 Å². The quantitative estimate of drug-likeness (QED) is 0.718. The fraction of sp³-hybridized carbons (Fsp3) is 0.150. The van der Waals surface area contributed by atoms with Crippen molar-refractivity contribution < 1.29 is 9.59 Å². The molecule has 1 heterocycles. The minimum Gasteiger partial charge on any atom is -0.324 e. The van der Waals surface area contributed by atoms with Crippen molar-refractivity contribution in [3.63, 3.8) is 0 Å². The molecule has 8 heteroatoms. The average molecular weight is 432 g/mol. The van der Waals surface area contributed by atoms with E-state index in [-0.39, 0.29) is 29.9 Å². The predicted molar refractivity (Wildman–Crippen MR) is 112 cm³/mol. The Balaban J connectivity index is 1.74. The van der Waals surface area contributed by atoms with Crippen molar-refractivity contribution in [3.05, 3.63) is 74.7 Å². The first-order valence-electron chi connectivity index (χ1n) is 8.34. The number of hydrogen-bond acceptors (Lipinski definition) is 4. The van der Waals surface area contributed by atoms with E-state index in [9.17, 15) is 14.9 Å². The monoisotopic (exact) mass is 431 g/mol. The van der Waals surface area contributed by atoms with Crippen molar-refractivity contribution in [1.82, 2.24) is 5.32 Å². The lowest BCUT2D eigenvalue weighted by molar-refractivity contribution is -0.121. The second kappa shape index (κ2) is 9.16. The second-order valence-electron chi connectivity index (χ2n) is 6.03. The zero-order valence-electron chi connectivity index (χ0n) is 14.5. The summed E-state index contributed by atoms with van der Waals surface area (Å²) in [6, 6.07) is 16.3. The van der Waals surface area contributed by atoms with Crippen molar-refractivity contribution in [2.75, 3.05) is 11.1 Å². The molecule has 2 aromatic carbocycles. The number of nitrogens with one attached hydrogen (secondary N) is 2. The Bertz CT molecular complexity index is 987. The van der Waals surface area contributed by atoms with Gasteiger partial charge in [0, 0.05) is 17.4 Å². The summed E-state index contributed by atoms with van der Waals surface area (Å²) in [6.07, 6.45) is 0.198. The van der Waals surface area contributed by atoms with Gasteiger partial charge in [0.05, 0.1) is 33.1 Å². The molecule has 3 rings (SSSR count). The van der Waals surface area contributed by atoms with E-state index in [2.05, 4.69) is 16.7 Å². The first kappa shape index (κ1) is 20.3. The van der Waals surface area contributed by atoms with E-state index in [1.807, 2.05) is 30.3 Å². The van der Waals surface area contributed by atoms with Gasteiger partial charge >= 0.3 is 0 Å². The topological polar surface area (TPSA) is 82.0 Å². The minimum atomic E-state index is -0.323. The number of benzene rings is 2. The van der Waals surface area contributed by atoms with Crippen LogP contribution in [0.5, 0.6) is 0 Å². The van der Waals surface area contributed by atoms with E-state index in [1.165, 1.54) is 6.07 Å². The van der Waals surface area contributed by atoms with Gasteiger partial charge in [-0.2, -0.15) is 5.26 Å². The molecule has 0 radical (unpaired) electrons. The van der Waals surface area contributed by atoms with Gasteiger partial charge in [0.15, 0.2) is 0 Å². The van der Waals surface area contributed by atoms with Crippen LogP contribution in [-0.2, 0) is 9.59 Å². The van der Waals surface area contributed by atoms with Crippen molar-refractivity contribution in [2.24, 2.45) is 0 Å². The second-order valence-corrected chi connectivity index (χ2v) is 7.86. The van der Waals surface area contributed by atoms with Crippen LogP contribution in [0.25, 0.3) is 0 Å². The Kier molecular flexibility index (Phi) is 6.63. The van der Waals surface area contributed by atoms with Crippen molar-refractivity contribution in [2.45, 2.75) is 12.3 Å². The normalized spacial score (nSPS) is 16.3. The maximum absolute atomic E-state index is 12.3. The highest BCUT2D eigenvalue weighted by Crippen LogP contribution is 2.36. The molecule has 0 unspecified atom stereocenters. The fourth-order valence-electron chi connectivity index (χ4n) is 2.82. The third kappa shape index (κ3) is 4.87. The number of halogens is 2. The molecular weight excluding hydrogens is 417 g/mol. The van der Waals surface area contributed by atoms with Crippen LogP contribution < -0.4 is 10.6 Å². The summed E-state index contributed by atoms with van der Waals surface area (Å²) in [6.45, 7) is 0. The highest BCUT2D eigenvalue weighted by atomic mass is 35.5. The van der Waals surface area contributed by atoms with E-state index in [1.54, 1.807) is 12.1 Å². The molecule has 2 amide bonds. The number of rotatable bonds is 5. The smallest absolute Gasteiger partial charge is 0.234 e. The summed E-state index contributed by atoms with van der Waals surface area (Å²) in [5.74, 6) is -0.802. The van der Waals surface area contributed by atoms with Gasteiger partial charge in [0.25, 0.3) is 0 Å². The van der Waals surface area contributed by atoms with E-state index >= 15 is 0 Å². The number of nitrogens with zero attached hydrogens (tertiary/aromatic N) is 1. The molecule has 1 aliphatic rings. The molecule has 0 saturated heterocycles. The Morgan fingerprint density at radius 2 is 2.00 bits per heavy atom. The maximum atomic E-state index is 12.3. The van der Waals surface area contributed by atoms with Gasteiger partial charge in [0.1, 0.15) is 0 Å². The van der Waals surface area contributed by atoms with E-state index in [4.69, 9.17) is 23.2 Å². The van der Waals surface area contributed by atoms with Crippen molar-refractivity contribution in [1.29, 1.82) is 5.26 Å². The lowest BCUT2D eigenvalue weighted by Gasteiger charge is -2.25. The first-order chi connectivity index (χ1) is 13.5. The highest BCUT2D eigenvalue weighted by molar-refractivity contribution is 8.03. The summed E-state index contributed by atoms with van der Waals surface area (Å²) in [5, 5.41) is 16.3. The Morgan fingerprint density at radius 3 is 2.68 bits per heavy atom. The molecule has 0 spiro atoms. The van der Waals surface area contributed by atoms with E-state index in [0.717, 1.165) is 17.3 Å². The van der Waals surface area contributed by atoms with Crippen LogP contribution in [0.4, 0.5) is 5.69 Å². The zero-order valence-corrected chi connectivity index (χ0v) is 16.9. The van der Waals surface area contributed by atoms with Gasteiger partial charge in [-0.05, 0) is 23.8 Å². The van der Waals surface area contributed by atoms with Gasteiger partial charge < -0.3 is 10.6 Å². The maximum Gasteiger partial charge on any atom is 0.234 e. The summed E-state index contributed by atoms with van der Waals surface area (Å²) >= 11 is 13.0. The van der Waals surface area contributed by atoms with Crippen LogP contribution in [0.1, 0.15) is 17.9 Å². The van der Waals surface area contributed by atoms with Crippen LogP contribution in [-0.4, -0.2) is 17.6 Å². The van der Waals surface area contributed by atoms with Crippen LogP contribution in [0.3, 0.4) is 0 Å². The van der Waals surface area contributed by atoms with Gasteiger partial charge in [-0.1, -0.05) is 65.3 Å². The van der Waals surface area contributed by atoms with E-state index < -0.39 is 0 Å². The predicted octanol–water partition coefficient (Wildman–Crippen LogP) is 4.70. The standard InChI is InChI=1S/C20H15Cl2N3O2S/c21-13-6-7-17(16(22)8-13)24-19(27)11-28-20-15(10-23)14(9-18(26)25-20)12-4-2-1-3-5-12/h1-8,14H,9,11H2,(H,24,27)(H,25,26)/t14-/m1/s1. The Labute approximate surface area is 176 Å². The zero-order chi connectivity index (χ0) is 20.1.